The van der Waals surface area contributed by atoms with Crippen LogP contribution in [-0.2, 0) is 4.74 Å². The predicted molar refractivity (Wildman–Crippen MR) is 405 cm³/mol. The fourth-order valence-corrected chi connectivity index (χ4v) is 16.2. The molecule has 6 heteroatoms. The summed E-state index contributed by atoms with van der Waals surface area (Å²) in [5.74, 6) is -2.10. The number of rotatable bonds is 76. The molecule has 1 unspecified atom stereocenters. The highest BCUT2D eigenvalue weighted by atomic mass is 16.7. The Morgan fingerprint density at radius 3 is 0.620 bits per heavy atom. The molecule has 0 aromatic carbocycles. The van der Waals surface area contributed by atoms with Gasteiger partial charge in [-0.3, -0.25) is 0 Å². The standard InChI is InChI=1S/C86H172O6/c1-6-11-16-21-26-31-36-41-46-51-56-61-66-71-76-81(87)82-83(88,77-72-67-62-57-52-47-42-37-32-27-22-17-12-7-2)84(89,78-73-68-63-58-53-48-43-38-33-28-23-18-13-8-3)85(90,79-74-69-64-59-54-49-44-39-34-29-24-19-14-9-4)86(91,92-82)80-75-70-65-60-55-50-45-40-35-30-25-20-15-10-5/h81-82,87-91H,6-80H2,1-5H3/t81?,82-,83-,84+,85-,86-/m1/s1. The Morgan fingerprint density at radius 1 is 0.217 bits per heavy atom. The van der Waals surface area contributed by atoms with E-state index in [4.69, 9.17) is 4.74 Å². The van der Waals surface area contributed by atoms with Crippen LogP contribution in [0.4, 0.5) is 0 Å². The van der Waals surface area contributed by atoms with Gasteiger partial charge in [-0.05, 0) is 32.1 Å². The van der Waals surface area contributed by atoms with E-state index in [0.29, 0.717) is 32.1 Å². The molecular weight excluding hydrogens is 1130 g/mol. The first kappa shape index (κ1) is 89.8. The van der Waals surface area contributed by atoms with Gasteiger partial charge in [-0.2, -0.15) is 0 Å². The van der Waals surface area contributed by atoms with Crippen molar-refractivity contribution in [1.29, 1.82) is 0 Å². The minimum atomic E-state index is -2.10. The number of aliphatic hydroxyl groups excluding tert-OH is 1. The predicted octanol–water partition coefficient (Wildman–Crippen LogP) is 28.0. The van der Waals surface area contributed by atoms with E-state index in [1.807, 2.05) is 0 Å². The van der Waals surface area contributed by atoms with Crippen LogP contribution in [0.2, 0.25) is 0 Å². The van der Waals surface area contributed by atoms with E-state index in [1.165, 1.54) is 340 Å². The molecule has 0 radical (unpaired) electrons. The number of ether oxygens (including phenoxy) is 1. The molecule has 0 amide bonds. The Bertz CT molecular complexity index is 1460. The third-order valence-electron chi connectivity index (χ3n) is 22.6. The second-order valence-corrected chi connectivity index (χ2v) is 31.3. The van der Waals surface area contributed by atoms with Crippen LogP contribution in [0.15, 0.2) is 0 Å². The molecule has 0 spiro atoms. The van der Waals surface area contributed by atoms with Gasteiger partial charge in [-0.15, -0.1) is 0 Å². The molecule has 1 aliphatic rings. The number of hydrogen-bond donors (Lipinski definition) is 5. The summed E-state index contributed by atoms with van der Waals surface area (Å²) in [6.07, 6.45) is 85.2. The van der Waals surface area contributed by atoms with Crippen molar-refractivity contribution in [2.75, 3.05) is 0 Å². The van der Waals surface area contributed by atoms with Crippen molar-refractivity contribution in [2.45, 2.75) is 551 Å². The Hall–Kier alpha value is -0.240. The summed E-state index contributed by atoms with van der Waals surface area (Å²) < 4.78 is 7.05. The molecule has 1 heterocycles. The molecule has 0 aliphatic carbocycles. The fraction of sp³-hybridized carbons (Fsp3) is 1.00. The van der Waals surface area contributed by atoms with Crippen LogP contribution in [0.3, 0.4) is 0 Å². The van der Waals surface area contributed by atoms with E-state index in [9.17, 15) is 25.5 Å². The van der Waals surface area contributed by atoms with E-state index < -0.39 is 34.8 Å². The van der Waals surface area contributed by atoms with Crippen LogP contribution in [0, 0.1) is 0 Å². The van der Waals surface area contributed by atoms with Gasteiger partial charge in [0.25, 0.3) is 0 Å². The average molecular weight is 1300 g/mol. The van der Waals surface area contributed by atoms with Gasteiger partial charge in [-0.1, -0.05) is 478 Å². The summed E-state index contributed by atoms with van der Waals surface area (Å²) in [5.41, 5.74) is -6.09. The third-order valence-corrected chi connectivity index (χ3v) is 22.6. The van der Waals surface area contributed by atoms with Crippen molar-refractivity contribution < 1.29 is 30.3 Å². The normalized spacial score (nSPS) is 20.5. The Labute approximate surface area is 578 Å². The SMILES string of the molecule is CCCCCCCCCCCCCCCCC(O)[C@H]1O[C@](O)(CCCCCCCCCCCCCCCC)[C@@](O)(CCCCCCCCCCCCCCCC)[C@](O)(CCCCCCCCCCCCCCCC)[C@@]1(O)CCCCCCCCCCCCCCCC. The average Bonchev–Trinajstić information content (AvgIpc) is 0.691. The molecule has 552 valence electrons. The summed E-state index contributed by atoms with van der Waals surface area (Å²) in [5, 5.41) is 68.1. The first-order valence-electron chi connectivity index (χ1n) is 43.3. The van der Waals surface area contributed by atoms with Crippen LogP contribution in [0.5, 0.6) is 0 Å². The highest BCUT2D eigenvalue weighted by Gasteiger charge is 2.76. The maximum absolute atomic E-state index is 14.1. The Morgan fingerprint density at radius 2 is 0.391 bits per heavy atom. The Balaban J connectivity index is 3.43. The molecule has 6 atom stereocenters. The molecule has 6 nitrogen and oxygen atoms in total. The van der Waals surface area contributed by atoms with Gasteiger partial charge >= 0.3 is 0 Å². The molecule has 1 saturated heterocycles. The molecule has 1 fully saturated rings. The van der Waals surface area contributed by atoms with Crippen LogP contribution in [-0.4, -0.2) is 60.3 Å². The van der Waals surface area contributed by atoms with Crippen LogP contribution >= 0.6 is 0 Å². The Kier molecular flexibility index (Phi) is 63.8. The summed E-state index contributed by atoms with van der Waals surface area (Å²) in [6, 6.07) is 0. The van der Waals surface area contributed by atoms with Gasteiger partial charge < -0.3 is 30.3 Å². The largest absolute Gasteiger partial charge is 0.390 e. The summed E-state index contributed by atoms with van der Waals surface area (Å²) in [6.45, 7) is 11.5. The summed E-state index contributed by atoms with van der Waals surface area (Å²) >= 11 is 0. The lowest BCUT2D eigenvalue weighted by molar-refractivity contribution is -0.451. The van der Waals surface area contributed by atoms with Crippen molar-refractivity contribution in [1.82, 2.24) is 0 Å². The zero-order valence-electron chi connectivity index (χ0n) is 63.8. The minimum absolute atomic E-state index is 0.179. The molecule has 92 heavy (non-hydrogen) atoms. The highest BCUT2D eigenvalue weighted by Crippen LogP contribution is 2.57. The zero-order chi connectivity index (χ0) is 66.9. The van der Waals surface area contributed by atoms with Crippen molar-refractivity contribution in [2.24, 2.45) is 0 Å². The van der Waals surface area contributed by atoms with E-state index >= 15 is 0 Å². The van der Waals surface area contributed by atoms with Gasteiger partial charge in [0.1, 0.15) is 22.9 Å². The molecule has 0 bridgehead atoms. The highest BCUT2D eigenvalue weighted by molar-refractivity contribution is 5.23. The van der Waals surface area contributed by atoms with Gasteiger partial charge in [0.15, 0.2) is 5.79 Å². The number of unbranched alkanes of at least 4 members (excludes halogenated alkanes) is 65. The van der Waals surface area contributed by atoms with Crippen molar-refractivity contribution in [3.8, 4) is 0 Å². The maximum Gasteiger partial charge on any atom is 0.198 e. The zero-order valence-corrected chi connectivity index (χ0v) is 63.8. The lowest BCUT2D eigenvalue weighted by atomic mass is 9.56. The summed E-state index contributed by atoms with van der Waals surface area (Å²) in [4.78, 5) is 0. The van der Waals surface area contributed by atoms with Gasteiger partial charge in [0, 0.05) is 6.42 Å². The van der Waals surface area contributed by atoms with Crippen molar-refractivity contribution in [3.05, 3.63) is 0 Å². The third kappa shape index (κ3) is 44.7. The molecule has 0 aromatic rings. The van der Waals surface area contributed by atoms with Gasteiger partial charge in [0.05, 0.1) is 6.10 Å². The van der Waals surface area contributed by atoms with E-state index in [1.54, 1.807) is 0 Å². The number of aliphatic hydroxyl groups is 5. The van der Waals surface area contributed by atoms with Crippen LogP contribution in [0.25, 0.3) is 0 Å². The molecule has 0 saturated carbocycles. The van der Waals surface area contributed by atoms with E-state index in [-0.39, 0.29) is 25.7 Å². The van der Waals surface area contributed by atoms with E-state index in [2.05, 4.69) is 34.6 Å². The maximum atomic E-state index is 14.1. The first-order valence-corrected chi connectivity index (χ1v) is 43.3. The van der Waals surface area contributed by atoms with Gasteiger partial charge in [0.2, 0.25) is 0 Å². The summed E-state index contributed by atoms with van der Waals surface area (Å²) in [7, 11) is 0. The quantitative estimate of drug-likeness (QED) is 0.0388. The molecule has 0 aromatic heterocycles. The number of hydrogen-bond acceptors (Lipinski definition) is 6. The van der Waals surface area contributed by atoms with Gasteiger partial charge in [-0.25, -0.2) is 0 Å². The lowest BCUT2D eigenvalue weighted by Crippen LogP contribution is -2.84. The minimum Gasteiger partial charge on any atom is -0.390 e. The van der Waals surface area contributed by atoms with Crippen molar-refractivity contribution >= 4 is 0 Å². The molecule has 5 N–H and O–H groups in total. The lowest BCUT2D eigenvalue weighted by Gasteiger charge is -2.65. The smallest absolute Gasteiger partial charge is 0.198 e. The molecule has 1 rings (SSSR count). The second kappa shape index (κ2) is 65.4. The van der Waals surface area contributed by atoms with E-state index in [0.717, 1.165) is 83.5 Å². The first-order chi connectivity index (χ1) is 45.1. The molecular formula is C86H172O6. The second-order valence-electron chi connectivity index (χ2n) is 31.3. The monoisotopic (exact) mass is 1300 g/mol. The molecule has 1 aliphatic heterocycles. The van der Waals surface area contributed by atoms with Crippen LogP contribution in [0.1, 0.15) is 516 Å². The fourth-order valence-electron chi connectivity index (χ4n) is 16.2. The topological polar surface area (TPSA) is 110 Å². The van der Waals surface area contributed by atoms with Crippen molar-refractivity contribution in [3.63, 3.8) is 0 Å². The van der Waals surface area contributed by atoms with Crippen LogP contribution < -0.4 is 0 Å².